The van der Waals surface area contributed by atoms with Crippen LogP contribution < -0.4 is 10.6 Å². The fourth-order valence-corrected chi connectivity index (χ4v) is 3.50. The summed E-state index contributed by atoms with van der Waals surface area (Å²) in [6.45, 7) is 7.91. The van der Waals surface area contributed by atoms with Crippen LogP contribution in [0.25, 0.3) is 11.3 Å². The fraction of sp³-hybridized carbons (Fsp3) is 0.227. The number of thiazole rings is 1. The first-order chi connectivity index (χ1) is 13.3. The van der Waals surface area contributed by atoms with Crippen LogP contribution in [-0.2, 0) is 4.79 Å². The Hall–Kier alpha value is -2.99. The van der Waals surface area contributed by atoms with E-state index < -0.39 is 0 Å². The molecule has 0 spiro atoms. The maximum absolute atomic E-state index is 12.2. The Labute approximate surface area is 168 Å². The lowest BCUT2D eigenvalue weighted by Gasteiger charge is -2.07. The minimum absolute atomic E-state index is 0.107. The lowest BCUT2D eigenvalue weighted by atomic mass is 10.0. The first-order valence-corrected chi connectivity index (χ1v) is 9.90. The quantitative estimate of drug-likeness (QED) is 0.674. The third kappa shape index (κ3) is 4.64. The van der Waals surface area contributed by atoms with Crippen molar-refractivity contribution in [3.63, 3.8) is 0 Å². The molecule has 0 bridgehead atoms. The summed E-state index contributed by atoms with van der Waals surface area (Å²) in [5, 5.41) is 7.83. The Kier molecular flexibility index (Phi) is 5.90. The van der Waals surface area contributed by atoms with Crippen molar-refractivity contribution in [3.05, 3.63) is 69.6 Å². The molecule has 0 fully saturated rings. The molecular formula is C22H23N3O2S. The van der Waals surface area contributed by atoms with Gasteiger partial charge in [0.2, 0.25) is 5.91 Å². The molecule has 0 saturated carbocycles. The van der Waals surface area contributed by atoms with Gasteiger partial charge in [0.05, 0.1) is 12.2 Å². The van der Waals surface area contributed by atoms with E-state index in [1.54, 1.807) is 6.07 Å². The number of anilines is 1. The highest BCUT2D eigenvalue weighted by molar-refractivity contribution is 7.14. The predicted octanol–water partition coefficient (Wildman–Crippen LogP) is 4.41. The van der Waals surface area contributed by atoms with Crippen LogP contribution in [0.4, 0.5) is 5.13 Å². The van der Waals surface area contributed by atoms with E-state index in [0.717, 1.165) is 33.5 Å². The summed E-state index contributed by atoms with van der Waals surface area (Å²) in [6, 6.07) is 11.7. The molecule has 0 aliphatic carbocycles. The number of aryl methyl sites for hydroxylation is 4. The van der Waals surface area contributed by atoms with Gasteiger partial charge in [-0.15, -0.1) is 11.3 Å². The summed E-state index contributed by atoms with van der Waals surface area (Å²) in [4.78, 5) is 28.9. The van der Waals surface area contributed by atoms with Gasteiger partial charge >= 0.3 is 0 Å². The average molecular weight is 394 g/mol. The standard InChI is InChI=1S/C22H23N3O2S/c1-13-5-6-15(3)18(9-13)19-12-28-22(24-19)25-20(26)11-23-21(27)17-8-7-14(2)16(4)10-17/h5-10,12H,11H2,1-4H3,(H,23,27)(H,24,25,26). The molecule has 2 N–H and O–H groups in total. The summed E-state index contributed by atoms with van der Waals surface area (Å²) in [5.74, 6) is -0.576. The van der Waals surface area contributed by atoms with Gasteiger partial charge in [0.25, 0.3) is 5.91 Å². The number of nitrogens with zero attached hydrogens (tertiary/aromatic N) is 1. The van der Waals surface area contributed by atoms with Crippen LogP contribution in [0.3, 0.4) is 0 Å². The topological polar surface area (TPSA) is 71.1 Å². The number of nitrogens with one attached hydrogen (secondary N) is 2. The highest BCUT2D eigenvalue weighted by Crippen LogP contribution is 2.28. The van der Waals surface area contributed by atoms with Crippen LogP contribution in [0.2, 0.25) is 0 Å². The third-order valence-corrected chi connectivity index (χ3v) is 5.36. The van der Waals surface area contributed by atoms with Crippen LogP contribution in [0.5, 0.6) is 0 Å². The van der Waals surface area contributed by atoms with E-state index in [1.807, 2.05) is 45.2 Å². The first-order valence-electron chi connectivity index (χ1n) is 9.02. The van der Waals surface area contributed by atoms with E-state index in [4.69, 9.17) is 0 Å². The number of rotatable bonds is 5. The molecule has 0 aliphatic heterocycles. The Bertz CT molecular complexity index is 1040. The van der Waals surface area contributed by atoms with Gasteiger partial charge in [0, 0.05) is 16.5 Å². The lowest BCUT2D eigenvalue weighted by molar-refractivity contribution is -0.115. The normalized spacial score (nSPS) is 10.6. The van der Waals surface area contributed by atoms with E-state index in [0.29, 0.717) is 10.7 Å². The molecule has 0 radical (unpaired) electrons. The second kappa shape index (κ2) is 8.35. The molecule has 3 rings (SSSR count). The van der Waals surface area contributed by atoms with Crippen LogP contribution in [0.15, 0.2) is 41.8 Å². The molecule has 0 aliphatic rings. The fourth-order valence-electron chi connectivity index (χ4n) is 2.78. The maximum Gasteiger partial charge on any atom is 0.251 e. The van der Waals surface area contributed by atoms with Gasteiger partial charge in [0.1, 0.15) is 0 Å². The van der Waals surface area contributed by atoms with Gasteiger partial charge in [-0.3, -0.25) is 9.59 Å². The molecule has 3 aromatic rings. The maximum atomic E-state index is 12.2. The van der Waals surface area contributed by atoms with E-state index >= 15 is 0 Å². The number of carbonyl (C=O) groups excluding carboxylic acids is 2. The zero-order valence-electron chi connectivity index (χ0n) is 16.4. The van der Waals surface area contributed by atoms with E-state index in [9.17, 15) is 9.59 Å². The Balaban J connectivity index is 1.59. The van der Waals surface area contributed by atoms with Crippen LogP contribution >= 0.6 is 11.3 Å². The molecule has 6 heteroatoms. The molecule has 0 atom stereocenters. The van der Waals surface area contributed by atoms with Gasteiger partial charge < -0.3 is 10.6 Å². The van der Waals surface area contributed by atoms with E-state index in [1.165, 1.54) is 11.3 Å². The van der Waals surface area contributed by atoms with Crippen molar-refractivity contribution in [2.24, 2.45) is 0 Å². The molecule has 1 heterocycles. The largest absolute Gasteiger partial charge is 0.343 e. The minimum Gasteiger partial charge on any atom is -0.343 e. The molecular weight excluding hydrogens is 370 g/mol. The summed E-state index contributed by atoms with van der Waals surface area (Å²) >= 11 is 1.37. The van der Waals surface area contributed by atoms with Crippen LogP contribution in [-0.4, -0.2) is 23.3 Å². The Morgan fingerprint density at radius 3 is 2.46 bits per heavy atom. The summed E-state index contributed by atoms with van der Waals surface area (Å²) in [5.41, 5.74) is 6.89. The molecule has 2 aromatic carbocycles. The lowest BCUT2D eigenvalue weighted by Crippen LogP contribution is -2.32. The highest BCUT2D eigenvalue weighted by atomic mass is 32.1. The van der Waals surface area contributed by atoms with Crippen molar-refractivity contribution >= 4 is 28.3 Å². The summed E-state index contributed by atoms with van der Waals surface area (Å²) in [7, 11) is 0. The number of benzene rings is 2. The number of hydrogen-bond acceptors (Lipinski definition) is 4. The molecule has 144 valence electrons. The number of carbonyl (C=O) groups is 2. The summed E-state index contributed by atoms with van der Waals surface area (Å²) < 4.78 is 0. The number of hydrogen-bond donors (Lipinski definition) is 2. The van der Waals surface area contributed by atoms with E-state index in [2.05, 4.69) is 33.8 Å². The Morgan fingerprint density at radius 1 is 0.964 bits per heavy atom. The zero-order valence-corrected chi connectivity index (χ0v) is 17.2. The van der Waals surface area contributed by atoms with Gasteiger partial charge in [-0.05, 0) is 62.6 Å². The van der Waals surface area contributed by atoms with Crippen LogP contribution in [0, 0.1) is 27.7 Å². The van der Waals surface area contributed by atoms with Gasteiger partial charge in [-0.1, -0.05) is 23.8 Å². The third-order valence-electron chi connectivity index (χ3n) is 4.60. The van der Waals surface area contributed by atoms with Crippen molar-refractivity contribution in [2.45, 2.75) is 27.7 Å². The first kappa shape index (κ1) is 19.8. The smallest absolute Gasteiger partial charge is 0.251 e. The summed E-state index contributed by atoms with van der Waals surface area (Å²) in [6.07, 6.45) is 0. The monoisotopic (exact) mass is 393 g/mol. The Morgan fingerprint density at radius 2 is 1.71 bits per heavy atom. The van der Waals surface area contributed by atoms with Crippen molar-refractivity contribution < 1.29 is 9.59 Å². The minimum atomic E-state index is -0.306. The van der Waals surface area contributed by atoms with Crippen molar-refractivity contribution in [1.29, 1.82) is 0 Å². The molecule has 0 unspecified atom stereocenters. The van der Waals surface area contributed by atoms with Gasteiger partial charge in [-0.2, -0.15) is 0 Å². The molecule has 1 aromatic heterocycles. The van der Waals surface area contributed by atoms with Gasteiger partial charge in [-0.25, -0.2) is 4.98 Å². The highest BCUT2D eigenvalue weighted by Gasteiger charge is 2.12. The molecule has 28 heavy (non-hydrogen) atoms. The molecule has 0 saturated heterocycles. The molecule has 5 nitrogen and oxygen atoms in total. The zero-order chi connectivity index (χ0) is 20.3. The predicted molar refractivity (Wildman–Crippen MR) is 114 cm³/mol. The number of amides is 2. The molecule has 2 amide bonds. The van der Waals surface area contributed by atoms with Crippen molar-refractivity contribution in [2.75, 3.05) is 11.9 Å². The average Bonchev–Trinajstić information content (AvgIpc) is 3.12. The van der Waals surface area contributed by atoms with Crippen LogP contribution in [0.1, 0.15) is 32.6 Å². The van der Waals surface area contributed by atoms with Gasteiger partial charge in [0.15, 0.2) is 5.13 Å². The SMILES string of the molecule is Cc1ccc(C)c(-c2csc(NC(=O)CNC(=O)c3ccc(C)c(C)c3)n2)c1. The second-order valence-corrected chi connectivity index (χ2v) is 7.74. The van der Waals surface area contributed by atoms with E-state index in [-0.39, 0.29) is 18.4 Å². The van der Waals surface area contributed by atoms with Crippen molar-refractivity contribution in [1.82, 2.24) is 10.3 Å². The van der Waals surface area contributed by atoms with Crippen molar-refractivity contribution in [3.8, 4) is 11.3 Å². The second-order valence-electron chi connectivity index (χ2n) is 6.89. The number of aromatic nitrogens is 1.